The largest absolute Gasteiger partial charge is 0.466 e. The third kappa shape index (κ3) is 7.36. The highest BCUT2D eigenvalue weighted by Crippen LogP contribution is 2.30. The lowest BCUT2D eigenvalue weighted by atomic mass is 9.95. The first-order valence-electron chi connectivity index (χ1n) is 10.3. The third-order valence-corrected chi connectivity index (χ3v) is 5.16. The predicted molar refractivity (Wildman–Crippen MR) is 124 cm³/mol. The smallest absolute Gasteiger partial charge is 0.226 e. The van der Waals surface area contributed by atoms with E-state index in [1.165, 1.54) is 24.5 Å². The number of hydrogen-bond acceptors (Lipinski definition) is 4. The third-order valence-electron chi connectivity index (χ3n) is 5.16. The summed E-state index contributed by atoms with van der Waals surface area (Å²) in [7, 11) is 0. The number of benzene rings is 1. The summed E-state index contributed by atoms with van der Waals surface area (Å²) in [5.41, 5.74) is 6.97. The van der Waals surface area contributed by atoms with Crippen molar-refractivity contribution in [2.75, 3.05) is 19.3 Å². The minimum absolute atomic E-state index is 0.0416. The summed E-state index contributed by atoms with van der Waals surface area (Å²) in [6, 6.07) is 3.89. The van der Waals surface area contributed by atoms with E-state index >= 15 is 0 Å². The summed E-state index contributed by atoms with van der Waals surface area (Å²) >= 11 is 3.53. The van der Waals surface area contributed by atoms with E-state index in [2.05, 4.69) is 19.2 Å². The molecule has 2 N–H and O–H groups in total. The molecule has 2 aliphatic heterocycles. The normalized spacial score (nSPS) is 23.8. The molecule has 0 radical (unpaired) electrons. The highest BCUT2D eigenvalue weighted by Gasteiger charge is 2.22. The topological polar surface area (TPSA) is 55.6 Å². The number of halogens is 2. The summed E-state index contributed by atoms with van der Waals surface area (Å²) in [4.78, 5) is 14.7. The van der Waals surface area contributed by atoms with Crippen LogP contribution in [0.25, 0.3) is 5.57 Å². The number of ether oxygens (including phenoxy) is 1. The number of likely N-dealkylation sites (tertiary alicyclic amines) is 1. The fraction of sp³-hybridized carbons (Fsp3) is 0.375. The van der Waals surface area contributed by atoms with Gasteiger partial charge in [0.1, 0.15) is 17.4 Å². The monoisotopic (exact) mass is 448 g/mol. The van der Waals surface area contributed by atoms with Crippen molar-refractivity contribution in [2.24, 2.45) is 5.73 Å². The Morgan fingerprint density at radius 1 is 1.26 bits per heavy atom. The van der Waals surface area contributed by atoms with E-state index in [1.807, 2.05) is 0 Å². The van der Waals surface area contributed by atoms with Crippen molar-refractivity contribution in [3.63, 3.8) is 0 Å². The highest BCUT2D eigenvalue weighted by atomic mass is 32.1. The Kier molecular flexibility index (Phi) is 10.0. The molecule has 1 saturated heterocycles. The average molecular weight is 449 g/mol. The second kappa shape index (κ2) is 12.5. The molecule has 1 atom stereocenters. The van der Waals surface area contributed by atoms with Gasteiger partial charge in [-0.25, -0.2) is 8.78 Å². The summed E-state index contributed by atoms with van der Waals surface area (Å²) in [6.45, 7) is 5.06. The molecule has 7 heteroatoms. The minimum Gasteiger partial charge on any atom is -0.466 e. The highest BCUT2D eigenvalue weighted by molar-refractivity contribution is 7.79. The Bertz CT molecular complexity index is 860. The van der Waals surface area contributed by atoms with Crippen LogP contribution in [0.5, 0.6) is 0 Å². The number of nitrogens with two attached hydrogens (primary N) is 1. The molecule has 2 aliphatic rings. The van der Waals surface area contributed by atoms with Gasteiger partial charge in [-0.15, -0.1) is 0 Å². The van der Waals surface area contributed by atoms with Crippen LogP contribution in [0.4, 0.5) is 8.78 Å². The van der Waals surface area contributed by atoms with Gasteiger partial charge in [0.25, 0.3) is 0 Å². The maximum Gasteiger partial charge on any atom is 0.226 e. The predicted octanol–water partition coefficient (Wildman–Crippen LogP) is 5.00. The zero-order chi connectivity index (χ0) is 22.8. The first-order chi connectivity index (χ1) is 14.9. The van der Waals surface area contributed by atoms with Gasteiger partial charge in [-0.1, -0.05) is 24.8 Å². The number of thiol groups is 1. The molecule has 3 rings (SSSR count). The quantitative estimate of drug-likeness (QED) is 0.640. The van der Waals surface area contributed by atoms with Crippen LogP contribution in [0, 0.1) is 11.6 Å². The van der Waals surface area contributed by atoms with Crippen LogP contribution in [0.2, 0.25) is 0 Å². The molecular formula is C24H30F2N2O2S. The van der Waals surface area contributed by atoms with Crippen LogP contribution in [0.1, 0.15) is 37.7 Å². The van der Waals surface area contributed by atoms with Gasteiger partial charge in [0.15, 0.2) is 0 Å². The van der Waals surface area contributed by atoms with Gasteiger partial charge in [0, 0.05) is 24.7 Å². The number of carbonyl (C=O) groups is 1. The standard InChI is InChI=1S/C23H26F2N2O2.CH4S/c1-16-5-2-6-18(23-20(24)8-3-9-21(23)25)13-17(15-29-16)14-22(28)27-11-4-7-19(26)10-12-27;1-2/h2-3,5-6,8-9,15,19H,1,4,7,10-14,26H2;2H,1H3/b5-2-,17-15+,18-6+;/t19-;/m0./s1. The number of rotatable bonds is 3. The first kappa shape index (κ1) is 24.9. The van der Waals surface area contributed by atoms with E-state index in [-0.39, 0.29) is 30.4 Å². The Hall–Kier alpha value is -2.38. The van der Waals surface area contributed by atoms with Gasteiger partial charge in [-0.2, -0.15) is 12.6 Å². The molecule has 4 nitrogen and oxygen atoms in total. The Morgan fingerprint density at radius 2 is 1.97 bits per heavy atom. The molecule has 31 heavy (non-hydrogen) atoms. The Balaban J connectivity index is 0.00000166. The summed E-state index contributed by atoms with van der Waals surface area (Å²) in [5.74, 6) is -0.950. The first-order valence-corrected chi connectivity index (χ1v) is 11.2. The molecule has 168 valence electrons. The van der Waals surface area contributed by atoms with Crippen LogP contribution in [0.3, 0.4) is 0 Å². The lowest BCUT2D eigenvalue weighted by Gasteiger charge is -2.21. The van der Waals surface area contributed by atoms with E-state index in [0.717, 1.165) is 19.3 Å². The van der Waals surface area contributed by atoms with Crippen molar-refractivity contribution in [3.8, 4) is 0 Å². The van der Waals surface area contributed by atoms with Crippen molar-refractivity contribution in [3.05, 3.63) is 77.8 Å². The Labute approximate surface area is 188 Å². The van der Waals surface area contributed by atoms with Gasteiger partial charge in [-0.05, 0) is 61.3 Å². The Morgan fingerprint density at radius 3 is 2.68 bits per heavy atom. The molecule has 1 amide bonds. The molecule has 1 aromatic carbocycles. The number of amides is 1. The molecule has 0 aromatic heterocycles. The van der Waals surface area contributed by atoms with Crippen molar-refractivity contribution < 1.29 is 18.3 Å². The zero-order valence-corrected chi connectivity index (χ0v) is 18.7. The van der Waals surface area contributed by atoms with Gasteiger partial charge in [-0.3, -0.25) is 4.79 Å². The van der Waals surface area contributed by atoms with E-state index in [0.29, 0.717) is 30.0 Å². The molecule has 1 fully saturated rings. The zero-order valence-electron chi connectivity index (χ0n) is 17.8. The number of nitrogens with zero attached hydrogens (tertiary/aromatic N) is 1. The van der Waals surface area contributed by atoms with Gasteiger partial charge < -0.3 is 15.4 Å². The molecule has 0 spiro atoms. The van der Waals surface area contributed by atoms with Crippen LogP contribution in [-0.2, 0) is 9.53 Å². The maximum atomic E-state index is 14.3. The van der Waals surface area contributed by atoms with Crippen molar-refractivity contribution in [1.29, 1.82) is 0 Å². The maximum absolute atomic E-state index is 14.3. The van der Waals surface area contributed by atoms with Crippen LogP contribution in [-0.4, -0.2) is 36.2 Å². The van der Waals surface area contributed by atoms with Crippen LogP contribution in [0.15, 0.2) is 60.6 Å². The molecule has 0 bridgehead atoms. The lowest BCUT2D eigenvalue weighted by molar-refractivity contribution is -0.130. The molecule has 2 heterocycles. The summed E-state index contributed by atoms with van der Waals surface area (Å²) in [5, 5.41) is 0. The molecule has 1 aromatic rings. The molecule has 0 saturated carbocycles. The fourth-order valence-electron chi connectivity index (χ4n) is 3.57. The molecular weight excluding hydrogens is 418 g/mol. The number of hydrogen-bond donors (Lipinski definition) is 2. The van der Waals surface area contributed by atoms with Crippen LogP contribution < -0.4 is 5.73 Å². The molecule has 0 unspecified atom stereocenters. The van der Waals surface area contributed by atoms with E-state index in [1.54, 1.807) is 29.4 Å². The van der Waals surface area contributed by atoms with Gasteiger partial charge in [0.2, 0.25) is 5.91 Å². The van der Waals surface area contributed by atoms with Gasteiger partial charge in [0.05, 0.1) is 12.7 Å². The van der Waals surface area contributed by atoms with E-state index < -0.39 is 11.6 Å². The van der Waals surface area contributed by atoms with E-state index in [4.69, 9.17) is 10.5 Å². The average Bonchev–Trinajstić information content (AvgIpc) is 2.92. The minimum atomic E-state index is -0.643. The number of carbonyl (C=O) groups excluding carboxylic acids is 1. The second-order valence-electron chi connectivity index (χ2n) is 7.43. The van der Waals surface area contributed by atoms with Crippen molar-refractivity contribution in [1.82, 2.24) is 4.90 Å². The van der Waals surface area contributed by atoms with Gasteiger partial charge >= 0.3 is 0 Å². The van der Waals surface area contributed by atoms with Crippen LogP contribution >= 0.6 is 12.6 Å². The fourth-order valence-corrected chi connectivity index (χ4v) is 3.57. The lowest BCUT2D eigenvalue weighted by Crippen LogP contribution is -2.33. The van der Waals surface area contributed by atoms with Crippen molar-refractivity contribution in [2.45, 2.75) is 38.1 Å². The summed E-state index contributed by atoms with van der Waals surface area (Å²) in [6.07, 6.45) is 10.9. The number of allylic oxidation sites excluding steroid dienone is 4. The molecule has 0 aliphatic carbocycles. The summed E-state index contributed by atoms with van der Waals surface area (Å²) < 4.78 is 34.2. The van der Waals surface area contributed by atoms with E-state index in [9.17, 15) is 13.6 Å². The van der Waals surface area contributed by atoms with Crippen molar-refractivity contribution >= 4 is 24.1 Å². The second-order valence-corrected chi connectivity index (χ2v) is 7.43. The SMILES string of the molecule is C=C1/C=C\C=C(\c2c(F)cccc2F)C/C(CC(=O)N2CCC[C@H](N)CC2)=C\O1.CS.